The SMILES string of the molecule is CCCCCC/C=C\CCCCCCCCCC(=O)N[C@H]1[C@H](OCC2O[C@H](OP(=O)(O)O)[C@H](NC(=O)CC(C)=O)[C@@H](OCCCCCCCCCC)[C@@H]2O)O[C@H](COC)[C@@H](OP(=O)(O)O)[C@@H]1OCC[C@@H](CCCCCCC)OC. The van der Waals surface area contributed by atoms with E-state index in [-0.39, 0.29) is 32.3 Å². The summed E-state index contributed by atoms with van der Waals surface area (Å²) in [7, 11) is -7.66. The number of allylic oxidation sites excluding steroid dienone is 2. The van der Waals surface area contributed by atoms with E-state index < -0.39 is 108 Å². The van der Waals surface area contributed by atoms with E-state index in [4.69, 9.17) is 42.2 Å². The molecule has 2 aliphatic heterocycles. The van der Waals surface area contributed by atoms with Crippen LogP contribution in [0.3, 0.4) is 0 Å². The molecule has 1 unspecified atom stereocenters. The van der Waals surface area contributed by atoms with E-state index in [1.54, 1.807) is 7.11 Å². The number of ketones is 1. The largest absolute Gasteiger partial charge is 0.472 e. The Bertz CT molecular complexity index is 1720. The number of methoxy groups -OCH3 is 2. The van der Waals surface area contributed by atoms with E-state index in [1.165, 1.54) is 39.7 Å². The van der Waals surface area contributed by atoms with Crippen molar-refractivity contribution in [3.05, 3.63) is 12.2 Å². The Balaban J connectivity index is 2.43. The minimum Gasteiger partial charge on any atom is -0.388 e. The van der Waals surface area contributed by atoms with Gasteiger partial charge in [-0.2, -0.15) is 0 Å². The quantitative estimate of drug-likeness (QED) is 0.0129. The zero-order valence-corrected chi connectivity index (χ0v) is 50.7. The normalized spacial score (nSPS) is 24.2. The third-order valence-electron chi connectivity index (χ3n) is 14.3. The average Bonchev–Trinajstić information content (AvgIpc) is 3.43. The van der Waals surface area contributed by atoms with Crippen LogP contribution in [0.15, 0.2) is 12.2 Å². The van der Waals surface area contributed by atoms with E-state index in [2.05, 4.69) is 43.6 Å². The fraction of sp³-hybridized carbons (Fsp3) is 0.911. The van der Waals surface area contributed by atoms with Crippen molar-refractivity contribution in [3.63, 3.8) is 0 Å². The molecule has 7 N–H and O–H groups in total. The van der Waals surface area contributed by atoms with Crippen molar-refractivity contribution in [2.45, 2.75) is 288 Å². The second-order valence-electron chi connectivity index (χ2n) is 21.4. The number of hydrogen-bond donors (Lipinski definition) is 7. The maximum absolute atomic E-state index is 14.0. The van der Waals surface area contributed by atoms with Gasteiger partial charge in [-0.05, 0) is 58.3 Å². The lowest BCUT2D eigenvalue weighted by atomic mass is 9.95. The molecule has 23 heteroatoms. The van der Waals surface area contributed by atoms with Crippen LogP contribution in [0.2, 0.25) is 0 Å². The molecule has 0 bridgehead atoms. The molecule has 11 atom stereocenters. The lowest BCUT2D eigenvalue weighted by Gasteiger charge is -2.47. The number of ether oxygens (including phenoxy) is 7. The number of nitrogens with one attached hydrogen (secondary N) is 2. The number of phosphoric acid groups is 2. The van der Waals surface area contributed by atoms with Crippen LogP contribution >= 0.6 is 15.6 Å². The molecule has 0 aromatic heterocycles. The van der Waals surface area contributed by atoms with Crippen LogP contribution in [0.5, 0.6) is 0 Å². The highest BCUT2D eigenvalue weighted by molar-refractivity contribution is 7.46. The summed E-state index contributed by atoms with van der Waals surface area (Å²) in [5.41, 5.74) is 0. The predicted molar refractivity (Wildman–Crippen MR) is 301 cm³/mol. The Morgan fingerprint density at radius 3 is 1.59 bits per heavy atom. The Labute approximate surface area is 473 Å². The van der Waals surface area contributed by atoms with Crippen molar-refractivity contribution in [2.75, 3.05) is 40.6 Å². The van der Waals surface area contributed by atoms with Crippen molar-refractivity contribution < 1.29 is 90.4 Å². The second-order valence-corrected chi connectivity index (χ2v) is 23.8. The maximum atomic E-state index is 14.0. The first kappa shape index (κ1) is 73.4. The summed E-state index contributed by atoms with van der Waals surface area (Å²) in [6.45, 7) is 6.89. The molecule has 464 valence electrons. The van der Waals surface area contributed by atoms with Crippen LogP contribution in [0, 0.1) is 0 Å². The standard InChI is InChI=1S/C56H106N2O19P2/c1-7-10-13-16-18-20-21-22-23-24-25-26-27-30-33-36-47(60)57-50-54(72-39-37-44(70-6)35-32-29-15-12-9-3)52(76-78(63,64)65)46(41-69-5)75-55(50)73-42-45-51(62)53(71-38-34-31-28-19-17-14-11-8-2)49(58-48(61)40-43(4)59)56(74-45)77-79(66,67)68/h20-21,44-46,49-56,62H,7-19,22-42H2,1-6H3,(H,57,60)(H,58,61)(H2,63,64,65)(H2,66,67,68)/b21-20-/t44-,45?,46-,49-,50-,51-,52-,53-,54-,55-,56-/m1/s1. The molecule has 2 rings (SSSR count). The molecule has 0 radical (unpaired) electrons. The lowest BCUT2D eigenvalue weighted by Crippen LogP contribution is -2.67. The topological polar surface area (TPSA) is 294 Å². The second kappa shape index (κ2) is 43.8. The monoisotopic (exact) mass is 1170 g/mol. The van der Waals surface area contributed by atoms with E-state index in [0.29, 0.717) is 19.3 Å². The van der Waals surface area contributed by atoms with Gasteiger partial charge in [-0.1, -0.05) is 161 Å². The van der Waals surface area contributed by atoms with Crippen molar-refractivity contribution in [1.82, 2.24) is 10.6 Å². The maximum Gasteiger partial charge on any atom is 0.472 e. The first-order valence-corrected chi connectivity index (χ1v) is 33.0. The summed E-state index contributed by atoms with van der Waals surface area (Å²) in [5, 5.41) is 17.5. The number of carbonyl (C=O) groups excluding carboxylic acids is 3. The Hall–Kier alpha value is -1.75. The molecule has 2 amide bonds. The lowest BCUT2D eigenvalue weighted by molar-refractivity contribution is -0.301. The Morgan fingerprint density at radius 2 is 1.04 bits per heavy atom. The van der Waals surface area contributed by atoms with E-state index in [1.807, 2.05) is 0 Å². The Kier molecular flexibility index (Phi) is 40.7. The molecule has 2 aliphatic rings. The molecule has 21 nitrogen and oxygen atoms in total. The highest BCUT2D eigenvalue weighted by atomic mass is 31.2. The van der Waals surface area contributed by atoms with Crippen molar-refractivity contribution in [3.8, 4) is 0 Å². The van der Waals surface area contributed by atoms with Crippen molar-refractivity contribution >= 4 is 33.2 Å². The number of Topliss-reactive ketones (excluding diaryl/α,β-unsaturated/α-hetero) is 1. The summed E-state index contributed by atoms with van der Waals surface area (Å²) in [4.78, 5) is 79.6. The van der Waals surface area contributed by atoms with Crippen LogP contribution in [-0.4, -0.2) is 150 Å². The molecular formula is C56H106N2O19P2. The number of amides is 2. The fourth-order valence-corrected chi connectivity index (χ4v) is 11.1. The zero-order valence-electron chi connectivity index (χ0n) is 48.9. The van der Waals surface area contributed by atoms with Gasteiger partial charge in [0.05, 0.1) is 25.7 Å². The first-order valence-electron chi connectivity index (χ1n) is 29.9. The number of aliphatic hydroxyl groups excluding tert-OH is 1. The van der Waals surface area contributed by atoms with Gasteiger partial charge >= 0.3 is 15.6 Å². The summed E-state index contributed by atoms with van der Waals surface area (Å²) in [6.07, 6.45) is 19.9. The van der Waals surface area contributed by atoms with Gasteiger partial charge in [0.1, 0.15) is 54.5 Å². The molecule has 2 saturated heterocycles. The molecule has 2 fully saturated rings. The number of hydrogen-bond acceptors (Lipinski definition) is 15. The summed E-state index contributed by atoms with van der Waals surface area (Å²) in [5.74, 6) is -1.75. The van der Waals surface area contributed by atoms with Crippen LogP contribution < -0.4 is 10.6 Å². The van der Waals surface area contributed by atoms with Gasteiger partial charge < -0.3 is 68.5 Å². The molecule has 0 aromatic carbocycles. The van der Waals surface area contributed by atoms with E-state index in [9.17, 15) is 48.2 Å². The molecule has 0 aliphatic carbocycles. The molecular weight excluding hydrogens is 1070 g/mol. The smallest absolute Gasteiger partial charge is 0.388 e. The van der Waals surface area contributed by atoms with E-state index >= 15 is 0 Å². The summed E-state index contributed by atoms with van der Waals surface area (Å²) < 4.78 is 78.2. The molecule has 79 heavy (non-hydrogen) atoms. The van der Waals surface area contributed by atoms with E-state index in [0.717, 1.165) is 135 Å². The summed E-state index contributed by atoms with van der Waals surface area (Å²) >= 11 is 0. The van der Waals surface area contributed by atoms with Crippen LogP contribution in [0.4, 0.5) is 0 Å². The highest BCUT2D eigenvalue weighted by Gasteiger charge is 2.53. The average molecular weight is 1170 g/mol. The molecule has 0 saturated carbocycles. The van der Waals surface area contributed by atoms with Crippen molar-refractivity contribution in [1.29, 1.82) is 0 Å². The molecule has 0 spiro atoms. The number of carbonyl (C=O) groups is 3. The summed E-state index contributed by atoms with van der Waals surface area (Å²) in [6, 6.07) is -2.83. The number of unbranched alkanes of at least 4 members (excludes halogenated alkanes) is 22. The predicted octanol–water partition coefficient (Wildman–Crippen LogP) is 9.71. The zero-order chi connectivity index (χ0) is 58.3. The van der Waals surface area contributed by atoms with Gasteiger partial charge in [-0.15, -0.1) is 0 Å². The molecule has 0 aromatic rings. The number of rotatable bonds is 49. The highest BCUT2D eigenvalue weighted by Crippen LogP contribution is 2.44. The fourth-order valence-electron chi connectivity index (χ4n) is 10.0. The van der Waals surface area contributed by atoms with Gasteiger partial charge in [0, 0.05) is 33.9 Å². The third-order valence-corrected chi connectivity index (χ3v) is 15.3. The first-order chi connectivity index (χ1) is 37.9. The Morgan fingerprint density at radius 1 is 0.544 bits per heavy atom. The van der Waals surface area contributed by atoms with Gasteiger partial charge in [0.15, 0.2) is 12.6 Å². The minimum atomic E-state index is -5.36. The third kappa shape index (κ3) is 34.0. The van der Waals surface area contributed by atoms with Gasteiger partial charge in [0.2, 0.25) is 11.8 Å². The number of aliphatic hydroxyl groups is 1. The van der Waals surface area contributed by atoms with Crippen LogP contribution in [-0.2, 0) is 65.7 Å². The van der Waals surface area contributed by atoms with Crippen LogP contribution in [0.1, 0.15) is 220 Å². The van der Waals surface area contributed by atoms with Crippen LogP contribution in [0.25, 0.3) is 0 Å². The van der Waals surface area contributed by atoms with Gasteiger partial charge in [0.25, 0.3) is 0 Å². The number of phosphoric ester groups is 2. The molecule has 2 heterocycles. The van der Waals surface area contributed by atoms with Crippen molar-refractivity contribution in [2.24, 2.45) is 0 Å². The minimum absolute atomic E-state index is 0.00768. The van der Waals surface area contributed by atoms with Gasteiger partial charge in [-0.25, -0.2) is 9.13 Å². The van der Waals surface area contributed by atoms with Gasteiger partial charge in [-0.3, -0.25) is 23.4 Å².